The zero-order valence-corrected chi connectivity index (χ0v) is 7.93. The van der Waals surface area contributed by atoms with E-state index in [9.17, 15) is 4.79 Å². The van der Waals surface area contributed by atoms with Gasteiger partial charge in [0.1, 0.15) is 5.88 Å². The summed E-state index contributed by atoms with van der Waals surface area (Å²) in [5, 5.41) is 2.78. The average molecular weight is 192 g/mol. The number of ether oxygens (including phenoxy) is 1. The molecule has 3 nitrogen and oxygen atoms in total. The van der Waals surface area contributed by atoms with Crippen molar-refractivity contribution in [2.24, 2.45) is 0 Å². The molecule has 1 N–H and O–H groups in total. The largest absolute Gasteiger partial charge is 0.376 e. The van der Waals surface area contributed by atoms with Crippen LogP contribution in [0.5, 0.6) is 0 Å². The van der Waals surface area contributed by atoms with Gasteiger partial charge in [0.2, 0.25) is 5.91 Å². The molecule has 1 saturated heterocycles. The molecule has 0 saturated carbocycles. The Labute approximate surface area is 77.4 Å². The highest BCUT2D eigenvalue weighted by atomic mass is 35.5. The molecule has 70 valence electrons. The molecule has 4 heteroatoms. The maximum Gasteiger partial charge on any atom is 0.235 e. The smallest absolute Gasteiger partial charge is 0.235 e. The van der Waals surface area contributed by atoms with Crippen LogP contribution in [-0.2, 0) is 9.53 Å². The first kappa shape index (κ1) is 9.81. The second-order valence-electron chi connectivity index (χ2n) is 3.04. The molecule has 0 aromatic heterocycles. The van der Waals surface area contributed by atoms with Gasteiger partial charge < -0.3 is 10.1 Å². The van der Waals surface area contributed by atoms with Crippen LogP contribution in [0.15, 0.2) is 0 Å². The molecule has 1 fully saturated rings. The Morgan fingerprint density at radius 3 is 3.08 bits per heavy atom. The van der Waals surface area contributed by atoms with Crippen LogP contribution in [0.1, 0.15) is 19.8 Å². The minimum Gasteiger partial charge on any atom is -0.376 e. The molecule has 1 aliphatic rings. The van der Waals surface area contributed by atoms with Crippen molar-refractivity contribution in [1.82, 2.24) is 5.32 Å². The number of carbonyl (C=O) groups is 1. The lowest BCUT2D eigenvalue weighted by Crippen LogP contribution is -2.41. The van der Waals surface area contributed by atoms with Crippen LogP contribution in [0.2, 0.25) is 0 Å². The van der Waals surface area contributed by atoms with Crippen LogP contribution in [0.3, 0.4) is 0 Å². The highest BCUT2D eigenvalue weighted by Gasteiger charge is 2.22. The lowest BCUT2D eigenvalue weighted by molar-refractivity contribution is -0.120. The van der Waals surface area contributed by atoms with Gasteiger partial charge in [-0.3, -0.25) is 4.79 Å². The van der Waals surface area contributed by atoms with E-state index in [2.05, 4.69) is 5.32 Å². The molecule has 0 aromatic rings. The average Bonchev–Trinajstić information content (AvgIpc) is 2.56. The van der Waals surface area contributed by atoms with Gasteiger partial charge in [0.25, 0.3) is 0 Å². The minimum atomic E-state index is -0.125. The third-order valence-electron chi connectivity index (χ3n) is 2.03. The van der Waals surface area contributed by atoms with E-state index in [4.69, 9.17) is 16.3 Å². The summed E-state index contributed by atoms with van der Waals surface area (Å²) in [4.78, 5) is 10.9. The highest BCUT2D eigenvalue weighted by molar-refractivity contribution is 6.27. The lowest BCUT2D eigenvalue weighted by atomic mass is 10.1. The van der Waals surface area contributed by atoms with Crippen molar-refractivity contribution >= 4 is 17.5 Å². The van der Waals surface area contributed by atoms with Crippen LogP contribution in [0.4, 0.5) is 0 Å². The van der Waals surface area contributed by atoms with Gasteiger partial charge in [-0.15, -0.1) is 11.6 Å². The third kappa shape index (κ3) is 2.64. The summed E-state index contributed by atoms with van der Waals surface area (Å²) in [6.45, 7) is 2.76. The van der Waals surface area contributed by atoms with E-state index < -0.39 is 0 Å². The number of alkyl halides is 1. The van der Waals surface area contributed by atoms with E-state index in [0.717, 1.165) is 19.4 Å². The molecule has 0 bridgehead atoms. The summed E-state index contributed by atoms with van der Waals surface area (Å²) < 4.78 is 5.40. The first-order valence-corrected chi connectivity index (χ1v) is 4.74. The summed E-state index contributed by atoms with van der Waals surface area (Å²) in [5.74, 6) is -0.100. The van der Waals surface area contributed by atoms with Crippen LogP contribution in [0.25, 0.3) is 0 Å². The Kier molecular flexibility index (Phi) is 3.82. The molecule has 1 aliphatic heterocycles. The number of nitrogens with one attached hydrogen (secondary N) is 1. The fourth-order valence-corrected chi connectivity index (χ4v) is 1.46. The van der Waals surface area contributed by atoms with Crippen molar-refractivity contribution < 1.29 is 9.53 Å². The van der Waals surface area contributed by atoms with Gasteiger partial charge >= 0.3 is 0 Å². The Hall–Kier alpha value is -0.280. The van der Waals surface area contributed by atoms with Gasteiger partial charge in [-0.05, 0) is 19.8 Å². The first-order valence-electron chi connectivity index (χ1n) is 4.21. The third-order valence-corrected chi connectivity index (χ3v) is 2.28. The van der Waals surface area contributed by atoms with E-state index in [1.807, 2.05) is 6.92 Å². The Morgan fingerprint density at radius 1 is 1.83 bits per heavy atom. The Morgan fingerprint density at radius 2 is 2.58 bits per heavy atom. The molecular formula is C8H14ClNO2. The predicted molar refractivity (Wildman–Crippen MR) is 47.3 cm³/mol. The maximum atomic E-state index is 10.9. The fourth-order valence-electron chi connectivity index (χ4n) is 1.38. The summed E-state index contributed by atoms with van der Waals surface area (Å²) in [6, 6.07) is 0.0822. The van der Waals surface area contributed by atoms with Crippen LogP contribution in [0, 0.1) is 0 Å². The molecule has 0 radical (unpaired) electrons. The number of hydrogen-bond donors (Lipinski definition) is 1. The van der Waals surface area contributed by atoms with Gasteiger partial charge in [-0.1, -0.05) is 0 Å². The molecule has 0 aromatic carbocycles. The van der Waals surface area contributed by atoms with E-state index in [1.165, 1.54) is 0 Å². The minimum absolute atomic E-state index is 0.0249. The number of amides is 1. The van der Waals surface area contributed by atoms with Crippen molar-refractivity contribution in [3.8, 4) is 0 Å². The molecular weight excluding hydrogens is 178 g/mol. The second kappa shape index (κ2) is 4.67. The lowest BCUT2D eigenvalue weighted by Gasteiger charge is -2.19. The summed E-state index contributed by atoms with van der Waals surface area (Å²) in [6.07, 6.45) is 2.30. The zero-order valence-electron chi connectivity index (χ0n) is 7.18. The topological polar surface area (TPSA) is 38.3 Å². The maximum absolute atomic E-state index is 10.9. The summed E-state index contributed by atoms with van der Waals surface area (Å²) in [5.41, 5.74) is 0. The van der Waals surface area contributed by atoms with E-state index in [-0.39, 0.29) is 23.9 Å². The summed E-state index contributed by atoms with van der Waals surface area (Å²) in [7, 11) is 0. The van der Waals surface area contributed by atoms with Gasteiger partial charge in [0, 0.05) is 6.61 Å². The number of halogens is 1. The number of hydrogen-bond acceptors (Lipinski definition) is 2. The van der Waals surface area contributed by atoms with Crippen molar-refractivity contribution in [2.75, 3.05) is 12.5 Å². The fraction of sp³-hybridized carbons (Fsp3) is 0.875. The van der Waals surface area contributed by atoms with Gasteiger partial charge in [-0.25, -0.2) is 0 Å². The van der Waals surface area contributed by atoms with E-state index in [1.54, 1.807) is 0 Å². The van der Waals surface area contributed by atoms with E-state index >= 15 is 0 Å². The Bertz CT molecular complexity index is 157. The standard InChI is InChI=1S/C8H14ClNO2/c1-6(10-8(11)5-9)7-3-2-4-12-7/h6-7H,2-5H2,1H3,(H,10,11). The number of rotatable bonds is 3. The van der Waals surface area contributed by atoms with Crippen molar-refractivity contribution in [3.63, 3.8) is 0 Å². The molecule has 1 amide bonds. The predicted octanol–water partition coefficient (Wildman–Crippen LogP) is 0.909. The molecule has 0 aliphatic carbocycles. The van der Waals surface area contributed by atoms with Gasteiger partial charge in [0.15, 0.2) is 0 Å². The SMILES string of the molecule is CC(NC(=O)CCl)C1CCCO1. The van der Waals surface area contributed by atoms with Crippen LogP contribution >= 0.6 is 11.6 Å². The molecule has 12 heavy (non-hydrogen) atoms. The first-order chi connectivity index (χ1) is 5.74. The highest BCUT2D eigenvalue weighted by Crippen LogP contribution is 2.15. The van der Waals surface area contributed by atoms with Crippen molar-refractivity contribution in [1.29, 1.82) is 0 Å². The molecule has 2 atom stereocenters. The molecule has 0 spiro atoms. The summed E-state index contributed by atoms with van der Waals surface area (Å²) >= 11 is 5.35. The van der Waals surface area contributed by atoms with E-state index in [0.29, 0.717) is 0 Å². The molecule has 1 heterocycles. The van der Waals surface area contributed by atoms with Gasteiger partial charge in [0.05, 0.1) is 12.1 Å². The second-order valence-corrected chi connectivity index (χ2v) is 3.31. The van der Waals surface area contributed by atoms with Crippen molar-refractivity contribution in [3.05, 3.63) is 0 Å². The van der Waals surface area contributed by atoms with Crippen molar-refractivity contribution in [2.45, 2.75) is 31.9 Å². The van der Waals surface area contributed by atoms with Crippen LogP contribution in [-0.4, -0.2) is 30.5 Å². The zero-order chi connectivity index (χ0) is 8.97. The number of carbonyl (C=O) groups excluding carboxylic acids is 1. The Balaban J connectivity index is 2.26. The molecule has 2 unspecified atom stereocenters. The van der Waals surface area contributed by atoms with Crippen LogP contribution < -0.4 is 5.32 Å². The normalized spacial score (nSPS) is 25.3. The monoisotopic (exact) mass is 191 g/mol. The molecule has 1 rings (SSSR count). The van der Waals surface area contributed by atoms with Gasteiger partial charge in [-0.2, -0.15) is 0 Å². The quantitative estimate of drug-likeness (QED) is 0.674.